The van der Waals surface area contributed by atoms with Crippen molar-refractivity contribution in [3.8, 4) is 0 Å². The second-order valence-corrected chi connectivity index (χ2v) is 6.37. The van der Waals surface area contributed by atoms with Gasteiger partial charge in [0.2, 0.25) is 0 Å². The summed E-state index contributed by atoms with van der Waals surface area (Å²) in [6.45, 7) is 0. The van der Waals surface area contributed by atoms with Crippen molar-refractivity contribution in [3.63, 3.8) is 0 Å². The van der Waals surface area contributed by atoms with Gasteiger partial charge >= 0.3 is 0 Å². The minimum Gasteiger partial charge on any atom is -0.321 e. The lowest BCUT2D eigenvalue weighted by molar-refractivity contribution is 0.101. The van der Waals surface area contributed by atoms with Crippen molar-refractivity contribution in [1.29, 1.82) is 0 Å². The normalized spacial score (nSPS) is 10.6. The van der Waals surface area contributed by atoms with Crippen LogP contribution < -0.4 is 10.6 Å². The van der Waals surface area contributed by atoms with Crippen molar-refractivity contribution in [2.45, 2.75) is 0 Å². The highest BCUT2D eigenvalue weighted by Crippen LogP contribution is 2.20. The third kappa shape index (κ3) is 3.61. The van der Waals surface area contributed by atoms with E-state index in [-0.39, 0.29) is 17.5 Å². The molecule has 2 N–H and O–H groups in total. The van der Waals surface area contributed by atoms with Crippen LogP contribution in [0.1, 0.15) is 20.8 Å². The number of anilines is 2. The van der Waals surface area contributed by atoms with Crippen molar-refractivity contribution in [2.75, 3.05) is 10.6 Å². The molecule has 0 atom stereocenters. The number of rotatable bonds is 4. The highest BCUT2D eigenvalue weighted by Gasteiger charge is 2.15. The summed E-state index contributed by atoms with van der Waals surface area (Å²) in [5.74, 6) is -0.159. The summed E-state index contributed by atoms with van der Waals surface area (Å²) in [4.78, 5) is 24.9. The largest absolute Gasteiger partial charge is 0.321 e. The Hall–Kier alpha value is -3.93. The van der Waals surface area contributed by atoms with Crippen molar-refractivity contribution >= 4 is 34.1 Å². The molecule has 0 saturated heterocycles. The molecule has 6 heteroatoms. The summed E-state index contributed by atoms with van der Waals surface area (Å²) in [7, 11) is 1.67. The third-order valence-electron chi connectivity index (χ3n) is 4.40. The van der Waals surface area contributed by atoms with E-state index in [1.165, 1.54) is 4.68 Å². The number of carbonyl (C=O) groups is 2. The van der Waals surface area contributed by atoms with Crippen molar-refractivity contribution in [1.82, 2.24) is 9.78 Å². The number of hydrogen-bond donors (Lipinski definition) is 2. The van der Waals surface area contributed by atoms with Crippen LogP contribution in [0.5, 0.6) is 0 Å². The lowest BCUT2D eigenvalue weighted by atomic mass is 10.1. The molecule has 0 aliphatic heterocycles. The molecule has 0 aliphatic carbocycles. The highest BCUT2D eigenvalue weighted by atomic mass is 16.2. The summed E-state index contributed by atoms with van der Waals surface area (Å²) in [6.07, 6.45) is 0. The number of hydrogen-bond acceptors (Lipinski definition) is 3. The molecule has 6 nitrogen and oxygen atoms in total. The predicted molar refractivity (Wildman–Crippen MR) is 110 cm³/mol. The van der Waals surface area contributed by atoms with Gasteiger partial charge < -0.3 is 10.6 Å². The van der Waals surface area contributed by atoms with Crippen molar-refractivity contribution in [3.05, 3.63) is 90.1 Å². The Balaban J connectivity index is 1.50. The first-order valence-electron chi connectivity index (χ1n) is 8.81. The molecule has 0 bridgehead atoms. The van der Waals surface area contributed by atoms with E-state index in [1.54, 1.807) is 37.4 Å². The van der Waals surface area contributed by atoms with Crippen LogP contribution in [0.4, 0.5) is 11.5 Å². The van der Waals surface area contributed by atoms with Gasteiger partial charge in [-0.15, -0.1) is 0 Å². The molecule has 1 aromatic heterocycles. The fourth-order valence-electron chi connectivity index (χ4n) is 2.94. The van der Waals surface area contributed by atoms with Gasteiger partial charge in [0.25, 0.3) is 11.8 Å². The Labute approximate surface area is 161 Å². The second kappa shape index (κ2) is 7.36. The molecule has 0 saturated carbocycles. The number of aryl methyl sites for hydroxylation is 1. The van der Waals surface area contributed by atoms with E-state index < -0.39 is 0 Å². The summed E-state index contributed by atoms with van der Waals surface area (Å²) in [5, 5.41) is 12.0. The molecular formula is C22H18N4O2. The lowest BCUT2D eigenvalue weighted by Crippen LogP contribution is -2.14. The Morgan fingerprint density at radius 1 is 0.786 bits per heavy atom. The van der Waals surface area contributed by atoms with Gasteiger partial charge in [-0.1, -0.05) is 48.5 Å². The summed E-state index contributed by atoms with van der Waals surface area (Å²) >= 11 is 0. The maximum absolute atomic E-state index is 12.6. The quantitative estimate of drug-likeness (QED) is 0.568. The number of benzene rings is 3. The molecule has 0 unspecified atom stereocenters. The van der Waals surface area contributed by atoms with E-state index in [0.29, 0.717) is 17.1 Å². The zero-order valence-electron chi connectivity index (χ0n) is 15.2. The second-order valence-electron chi connectivity index (χ2n) is 6.37. The Morgan fingerprint density at radius 3 is 2.29 bits per heavy atom. The first-order valence-corrected chi connectivity index (χ1v) is 8.81. The SMILES string of the molecule is Cn1nc(C(=O)Nc2ccc3ccccc3c2)cc1NC(=O)c1ccccc1. The minimum absolute atomic E-state index is 0.221. The first kappa shape index (κ1) is 17.5. The monoisotopic (exact) mass is 370 g/mol. The molecule has 0 aliphatic rings. The van der Waals surface area contributed by atoms with Crippen LogP contribution in [-0.4, -0.2) is 21.6 Å². The average Bonchev–Trinajstić information content (AvgIpc) is 3.09. The molecule has 2 amide bonds. The molecular weight excluding hydrogens is 352 g/mol. The number of carbonyl (C=O) groups excluding carboxylic acids is 2. The molecule has 0 fully saturated rings. The molecule has 28 heavy (non-hydrogen) atoms. The molecule has 3 aromatic carbocycles. The number of aromatic nitrogens is 2. The van der Waals surface area contributed by atoms with Gasteiger partial charge in [0, 0.05) is 24.4 Å². The summed E-state index contributed by atoms with van der Waals surface area (Å²) in [5.41, 5.74) is 1.44. The van der Waals surface area contributed by atoms with Crippen molar-refractivity contribution in [2.24, 2.45) is 7.05 Å². The van der Waals surface area contributed by atoms with Crippen LogP contribution in [-0.2, 0) is 7.05 Å². The van der Waals surface area contributed by atoms with Gasteiger partial charge in [-0.3, -0.25) is 14.3 Å². The van der Waals surface area contributed by atoms with Crippen molar-refractivity contribution < 1.29 is 9.59 Å². The zero-order chi connectivity index (χ0) is 19.5. The standard InChI is InChI=1S/C22H18N4O2/c1-26-20(24-21(27)16-8-3-2-4-9-16)14-19(25-26)22(28)23-18-12-11-15-7-5-6-10-17(15)13-18/h2-14H,1H3,(H,23,28)(H,24,27). The Morgan fingerprint density at radius 2 is 1.50 bits per heavy atom. The number of nitrogens with one attached hydrogen (secondary N) is 2. The van der Waals surface area contributed by atoms with Crippen LogP contribution in [0.3, 0.4) is 0 Å². The maximum Gasteiger partial charge on any atom is 0.276 e. The van der Waals surface area contributed by atoms with E-state index in [2.05, 4.69) is 15.7 Å². The van der Waals surface area contributed by atoms with E-state index in [0.717, 1.165) is 10.8 Å². The van der Waals surface area contributed by atoms with E-state index in [9.17, 15) is 9.59 Å². The van der Waals surface area contributed by atoms with Gasteiger partial charge in [-0.25, -0.2) is 0 Å². The molecule has 4 aromatic rings. The zero-order valence-corrected chi connectivity index (χ0v) is 15.2. The first-order chi connectivity index (χ1) is 13.6. The smallest absolute Gasteiger partial charge is 0.276 e. The van der Waals surface area contributed by atoms with Gasteiger partial charge in [0.1, 0.15) is 5.82 Å². The number of fused-ring (bicyclic) bond motifs is 1. The Bertz CT molecular complexity index is 1170. The van der Waals surface area contributed by atoms with Gasteiger partial charge in [-0.2, -0.15) is 5.10 Å². The van der Waals surface area contributed by atoms with Gasteiger partial charge in [0.05, 0.1) is 0 Å². The maximum atomic E-state index is 12.6. The summed E-state index contributed by atoms with van der Waals surface area (Å²) < 4.78 is 1.47. The molecule has 4 rings (SSSR count). The van der Waals surface area contributed by atoms with E-state index >= 15 is 0 Å². The van der Waals surface area contributed by atoms with Gasteiger partial charge in [0.15, 0.2) is 5.69 Å². The molecule has 138 valence electrons. The van der Waals surface area contributed by atoms with E-state index in [1.807, 2.05) is 48.5 Å². The van der Waals surface area contributed by atoms with Crippen LogP contribution in [0, 0.1) is 0 Å². The predicted octanol–water partition coefficient (Wildman–Crippen LogP) is 4.08. The van der Waals surface area contributed by atoms with Crippen LogP contribution in [0.2, 0.25) is 0 Å². The average molecular weight is 370 g/mol. The fraction of sp³-hybridized carbons (Fsp3) is 0.0455. The van der Waals surface area contributed by atoms with Crippen LogP contribution in [0.25, 0.3) is 10.8 Å². The summed E-state index contributed by atoms with van der Waals surface area (Å²) in [6, 6.07) is 24.1. The van der Waals surface area contributed by atoms with E-state index in [4.69, 9.17) is 0 Å². The molecule has 1 heterocycles. The van der Waals surface area contributed by atoms with Crippen LogP contribution >= 0.6 is 0 Å². The number of nitrogens with zero attached hydrogens (tertiary/aromatic N) is 2. The van der Waals surface area contributed by atoms with Crippen LogP contribution in [0.15, 0.2) is 78.9 Å². The van der Waals surface area contributed by atoms with Gasteiger partial charge in [-0.05, 0) is 35.0 Å². The fourth-order valence-corrected chi connectivity index (χ4v) is 2.94. The molecule has 0 radical (unpaired) electrons. The Kier molecular flexibility index (Phi) is 4.60. The lowest BCUT2D eigenvalue weighted by Gasteiger charge is -2.05. The highest BCUT2D eigenvalue weighted by molar-refractivity contribution is 6.06. The topological polar surface area (TPSA) is 76.0 Å². The third-order valence-corrected chi connectivity index (χ3v) is 4.40. The molecule has 0 spiro atoms. The minimum atomic E-state index is -0.342. The number of amides is 2.